The van der Waals surface area contributed by atoms with E-state index in [2.05, 4.69) is 5.32 Å². The molecule has 0 spiro atoms. The molecule has 3 heteroatoms. The van der Waals surface area contributed by atoms with Crippen LogP contribution in [0.25, 0.3) is 0 Å². The zero-order valence-electron chi connectivity index (χ0n) is 6.59. The van der Waals surface area contributed by atoms with E-state index in [1.807, 2.05) is 13.8 Å². The molecular formula is C7H15NO2. The summed E-state index contributed by atoms with van der Waals surface area (Å²) >= 11 is 0. The highest BCUT2D eigenvalue weighted by Crippen LogP contribution is 2.09. The van der Waals surface area contributed by atoms with Crippen LogP contribution in [0.5, 0.6) is 0 Å². The maximum absolute atomic E-state index is 5.32. The summed E-state index contributed by atoms with van der Waals surface area (Å²) in [5.74, 6) is 0. The summed E-state index contributed by atoms with van der Waals surface area (Å²) in [5, 5.41) is 3.15. The molecule has 1 N–H and O–H groups in total. The molecule has 0 aromatic rings. The summed E-state index contributed by atoms with van der Waals surface area (Å²) in [6.45, 7) is 6.44. The zero-order chi connectivity index (χ0) is 7.40. The van der Waals surface area contributed by atoms with Gasteiger partial charge in [-0.2, -0.15) is 0 Å². The third-order valence-electron chi connectivity index (χ3n) is 1.43. The van der Waals surface area contributed by atoms with Crippen molar-refractivity contribution in [2.24, 2.45) is 0 Å². The first kappa shape index (κ1) is 7.98. The molecule has 1 aliphatic heterocycles. The minimum Gasteiger partial charge on any atom is -0.351 e. The molecule has 0 aliphatic carbocycles. The number of nitrogens with one attached hydrogen (secondary N) is 1. The van der Waals surface area contributed by atoms with Gasteiger partial charge in [0.05, 0.1) is 6.04 Å². The van der Waals surface area contributed by atoms with Crippen LogP contribution in [0.3, 0.4) is 0 Å². The van der Waals surface area contributed by atoms with E-state index in [1.165, 1.54) is 0 Å². The maximum Gasteiger partial charge on any atom is 0.173 e. The molecule has 10 heavy (non-hydrogen) atoms. The van der Waals surface area contributed by atoms with Gasteiger partial charge in [-0.1, -0.05) is 0 Å². The van der Waals surface area contributed by atoms with E-state index < -0.39 is 0 Å². The van der Waals surface area contributed by atoms with E-state index in [-0.39, 0.29) is 6.29 Å². The van der Waals surface area contributed by atoms with Gasteiger partial charge in [-0.15, -0.1) is 0 Å². The molecule has 1 rings (SSSR count). The fourth-order valence-electron chi connectivity index (χ4n) is 0.869. The summed E-state index contributed by atoms with van der Waals surface area (Å²) in [6, 6.07) is 0.444. The van der Waals surface area contributed by atoms with Crippen LogP contribution in [-0.2, 0) is 9.47 Å². The SMILES string of the molecule is CCOC(OCC)[C@@H]1CN1. The van der Waals surface area contributed by atoms with E-state index in [1.54, 1.807) is 0 Å². The molecule has 0 saturated carbocycles. The van der Waals surface area contributed by atoms with Crippen LogP contribution in [0, 0.1) is 0 Å². The van der Waals surface area contributed by atoms with Crippen molar-refractivity contribution in [1.29, 1.82) is 0 Å². The first-order valence-electron chi connectivity index (χ1n) is 3.85. The molecule has 0 unspecified atom stereocenters. The van der Waals surface area contributed by atoms with Crippen molar-refractivity contribution in [2.75, 3.05) is 19.8 Å². The molecule has 0 aromatic heterocycles. The first-order valence-corrected chi connectivity index (χ1v) is 3.85. The quantitative estimate of drug-likeness (QED) is 0.448. The lowest BCUT2D eigenvalue weighted by molar-refractivity contribution is -0.135. The maximum atomic E-state index is 5.32. The Morgan fingerprint density at radius 3 is 2.20 bits per heavy atom. The average Bonchev–Trinajstić information content (AvgIpc) is 2.69. The fraction of sp³-hybridized carbons (Fsp3) is 1.00. The van der Waals surface area contributed by atoms with Gasteiger partial charge in [0.1, 0.15) is 0 Å². The van der Waals surface area contributed by atoms with E-state index in [0.29, 0.717) is 6.04 Å². The minimum atomic E-state index is -0.0185. The van der Waals surface area contributed by atoms with E-state index in [0.717, 1.165) is 19.8 Å². The Kier molecular flexibility index (Phi) is 3.12. The summed E-state index contributed by atoms with van der Waals surface area (Å²) in [7, 11) is 0. The normalized spacial score (nSPS) is 23.7. The van der Waals surface area contributed by atoms with Crippen molar-refractivity contribution in [1.82, 2.24) is 5.32 Å². The van der Waals surface area contributed by atoms with Gasteiger partial charge in [-0.25, -0.2) is 0 Å². The molecular weight excluding hydrogens is 130 g/mol. The standard InChI is InChI=1S/C7H15NO2/c1-3-9-7(10-4-2)6-5-8-6/h6-8H,3-5H2,1-2H3/t6-/m0/s1. The van der Waals surface area contributed by atoms with Crippen LogP contribution in [-0.4, -0.2) is 32.1 Å². The Balaban J connectivity index is 2.13. The second-order valence-corrected chi connectivity index (χ2v) is 2.29. The molecule has 60 valence electrons. The zero-order valence-corrected chi connectivity index (χ0v) is 6.59. The van der Waals surface area contributed by atoms with E-state index in [4.69, 9.17) is 9.47 Å². The predicted octanol–water partition coefficient (Wildman–Crippen LogP) is 0.357. The van der Waals surface area contributed by atoms with Crippen LogP contribution in [0.1, 0.15) is 13.8 Å². The van der Waals surface area contributed by atoms with Gasteiger partial charge in [0, 0.05) is 19.8 Å². The predicted molar refractivity (Wildman–Crippen MR) is 38.8 cm³/mol. The fourth-order valence-corrected chi connectivity index (χ4v) is 0.869. The highest BCUT2D eigenvalue weighted by molar-refractivity contribution is 4.86. The third kappa shape index (κ3) is 2.25. The van der Waals surface area contributed by atoms with Crippen LogP contribution >= 0.6 is 0 Å². The number of hydrogen-bond acceptors (Lipinski definition) is 3. The molecule has 0 amide bonds. The van der Waals surface area contributed by atoms with Crippen LogP contribution in [0.2, 0.25) is 0 Å². The van der Waals surface area contributed by atoms with Crippen molar-refractivity contribution in [3.8, 4) is 0 Å². The molecule has 1 atom stereocenters. The molecule has 0 aromatic carbocycles. The van der Waals surface area contributed by atoms with Crippen molar-refractivity contribution >= 4 is 0 Å². The van der Waals surface area contributed by atoms with Crippen molar-refractivity contribution < 1.29 is 9.47 Å². The minimum absolute atomic E-state index is 0.0185. The van der Waals surface area contributed by atoms with E-state index >= 15 is 0 Å². The summed E-state index contributed by atoms with van der Waals surface area (Å²) in [5.41, 5.74) is 0. The Hall–Kier alpha value is -0.120. The van der Waals surface area contributed by atoms with Crippen molar-refractivity contribution in [3.63, 3.8) is 0 Å². The number of hydrogen-bond donors (Lipinski definition) is 1. The topological polar surface area (TPSA) is 40.4 Å². The summed E-state index contributed by atoms with van der Waals surface area (Å²) in [4.78, 5) is 0. The lowest BCUT2D eigenvalue weighted by Crippen LogP contribution is -2.25. The van der Waals surface area contributed by atoms with Gasteiger partial charge in [0.15, 0.2) is 6.29 Å². The van der Waals surface area contributed by atoms with Crippen LogP contribution in [0.15, 0.2) is 0 Å². The van der Waals surface area contributed by atoms with Crippen LogP contribution in [0.4, 0.5) is 0 Å². The van der Waals surface area contributed by atoms with Gasteiger partial charge in [-0.3, -0.25) is 0 Å². The largest absolute Gasteiger partial charge is 0.351 e. The molecule has 1 fully saturated rings. The van der Waals surface area contributed by atoms with Gasteiger partial charge in [0.2, 0.25) is 0 Å². The second kappa shape index (κ2) is 3.91. The monoisotopic (exact) mass is 145 g/mol. The smallest absolute Gasteiger partial charge is 0.173 e. The number of rotatable bonds is 5. The third-order valence-corrected chi connectivity index (χ3v) is 1.43. The Morgan fingerprint density at radius 2 is 1.90 bits per heavy atom. The molecule has 1 heterocycles. The Bertz CT molecular complexity index is 87.6. The van der Waals surface area contributed by atoms with Crippen LogP contribution < -0.4 is 5.32 Å². The summed E-state index contributed by atoms with van der Waals surface area (Å²) in [6.07, 6.45) is -0.0185. The van der Waals surface area contributed by atoms with E-state index in [9.17, 15) is 0 Å². The van der Waals surface area contributed by atoms with Gasteiger partial charge in [0.25, 0.3) is 0 Å². The second-order valence-electron chi connectivity index (χ2n) is 2.29. The molecule has 1 aliphatic rings. The highest BCUT2D eigenvalue weighted by atomic mass is 16.7. The number of ether oxygens (including phenoxy) is 2. The molecule has 1 saturated heterocycles. The lowest BCUT2D eigenvalue weighted by Gasteiger charge is -2.14. The van der Waals surface area contributed by atoms with Gasteiger partial charge < -0.3 is 14.8 Å². The van der Waals surface area contributed by atoms with Gasteiger partial charge in [-0.05, 0) is 13.8 Å². The molecule has 0 radical (unpaired) electrons. The Labute approximate surface area is 61.7 Å². The van der Waals surface area contributed by atoms with Gasteiger partial charge >= 0.3 is 0 Å². The highest BCUT2D eigenvalue weighted by Gasteiger charge is 2.31. The molecule has 0 bridgehead atoms. The van der Waals surface area contributed by atoms with Crippen molar-refractivity contribution in [2.45, 2.75) is 26.2 Å². The molecule has 3 nitrogen and oxygen atoms in total. The Morgan fingerprint density at radius 1 is 1.40 bits per heavy atom. The first-order chi connectivity index (χ1) is 4.88. The lowest BCUT2D eigenvalue weighted by atomic mass is 10.4. The average molecular weight is 145 g/mol. The van der Waals surface area contributed by atoms with Crippen molar-refractivity contribution in [3.05, 3.63) is 0 Å². The summed E-state index contributed by atoms with van der Waals surface area (Å²) < 4.78 is 10.6.